The molecule has 0 N–H and O–H groups in total. The first-order valence-corrected chi connectivity index (χ1v) is 6.58. The third-order valence-electron chi connectivity index (χ3n) is 3.52. The molecular formula is C15H21NO2. The normalized spacial score (nSPS) is 20.7. The Balaban J connectivity index is 1.95. The number of ether oxygens (including phenoxy) is 1. The van der Waals surface area contributed by atoms with Gasteiger partial charge in [-0.25, -0.2) is 4.79 Å². The van der Waals surface area contributed by atoms with E-state index in [4.69, 9.17) is 4.74 Å². The van der Waals surface area contributed by atoms with Crippen LogP contribution in [0.2, 0.25) is 0 Å². The van der Waals surface area contributed by atoms with Crippen LogP contribution in [-0.4, -0.2) is 31.1 Å². The average molecular weight is 247 g/mol. The molecule has 0 amide bonds. The lowest BCUT2D eigenvalue weighted by molar-refractivity contribution is 0.0600. The third-order valence-corrected chi connectivity index (χ3v) is 3.52. The Morgan fingerprint density at radius 3 is 2.72 bits per heavy atom. The van der Waals surface area contributed by atoms with E-state index in [1.165, 1.54) is 38.6 Å². The van der Waals surface area contributed by atoms with Gasteiger partial charge in [0.05, 0.1) is 12.7 Å². The maximum Gasteiger partial charge on any atom is 0.337 e. The summed E-state index contributed by atoms with van der Waals surface area (Å²) in [7, 11) is 1.41. The van der Waals surface area contributed by atoms with Crippen molar-refractivity contribution in [3.05, 3.63) is 35.4 Å². The maximum absolute atomic E-state index is 11.3. The van der Waals surface area contributed by atoms with Crippen molar-refractivity contribution in [3.8, 4) is 0 Å². The number of likely N-dealkylation sites (tertiary alicyclic amines) is 1. The van der Waals surface area contributed by atoms with E-state index in [9.17, 15) is 4.79 Å². The van der Waals surface area contributed by atoms with Gasteiger partial charge in [-0.15, -0.1) is 0 Å². The third kappa shape index (κ3) is 3.33. The van der Waals surface area contributed by atoms with Crippen molar-refractivity contribution in [2.45, 2.75) is 26.3 Å². The molecular weight excluding hydrogens is 226 g/mol. The van der Waals surface area contributed by atoms with E-state index in [1.54, 1.807) is 0 Å². The van der Waals surface area contributed by atoms with Crippen LogP contribution in [0.1, 0.15) is 35.7 Å². The summed E-state index contributed by atoms with van der Waals surface area (Å²) in [6.07, 6.45) is 2.64. The van der Waals surface area contributed by atoms with Crippen LogP contribution in [0.3, 0.4) is 0 Å². The van der Waals surface area contributed by atoms with E-state index in [0.29, 0.717) is 5.56 Å². The minimum absolute atomic E-state index is 0.270. The van der Waals surface area contributed by atoms with E-state index in [2.05, 4.69) is 11.8 Å². The Kier molecular flexibility index (Phi) is 4.37. The van der Waals surface area contributed by atoms with Gasteiger partial charge in [-0.1, -0.05) is 19.1 Å². The first-order chi connectivity index (χ1) is 8.69. The molecule has 0 aliphatic carbocycles. The summed E-state index contributed by atoms with van der Waals surface area (Å²) in [5.74, 6) is 0.529. The summed E-state index contributed by atoms with van der Waals surface area (Å²) < 4.78 is 4.69. The van der Waals surface area contributed by atoms with E-state index in [-0.39, 0.29) is 5.97 Å². The van der Waals surface area contributed by atoms with Gasteiger partial charge in [0.2, 0.25) is 0 Å². The molecule has 18 heavy (non-hydrogen) atoms. The summed E-state index contributed by atoms with van der Waals surface area (Å²) in [4.78, 5) is 13.8. The molecule has 1 atom stereocenters. The molecule has 0 radical (unpaired) electrons. The van der Waals surface area contributed by atoms with Crippen LogP contribution in [0.25, 0.3) is 0 Å². The van der Waals surface area contributed by atoms with Crippen LogP contribution in [-0.2, 0) is 11.3 Å². The Morgan fingerprint density at radius 1 is 1.39 bits per heavy atom. The Morgan fingerprint density at radius 2 is 2.11 bits per heavy atom. The number of rotatable bonds is 3. The first kappa shape index (κ1) is 13.1. The summed E-state index contributed by atoms with van der Waals surface area (Å²) in [5, 5.41) is 0. The quantitative estimate of drug-likeness (QED) is 0.769. The van der Waals surface area contributed by atoms with Crippen molar-refractivity contribution in [1.82, 2.24) is 4.90 Å². The molecule has 3 heteroatoms. The molecule has 0 bridgehead atoms. The molecule has 1 aliphatic heterocycles. The summed E-state index contributed by atoms with van der Waals surface area (Å²) in [6, 6.07) is 7.72. The summed E-state index contributed by atoms with van der Waals surface area (Å²) in [5.41, 5.74) is 1.88. The molecule has 0 aromatic heterocycles. The standard InChI is InChI=1S/C15H21NO2/c1-12-4-3-9-16(10-12)11-13-5-7-14(8-6-13)15(17)18-2/h5-8,12H,3-4,9-11H2,1-2H3/t12-/m0/s1. The zero-order valence-electron chi connectivity index (χ0n) is 11.2. The largest absolute Gasteiger partial charge is 0.465 e. The topological polar surface area (TPSA) is 29.5 Å². The number of esters is 1. The van der Waals surface area contributed by atoms with Gasteiger partial charge in [-0.2, -0.15) is 0 Å². The molecule has 0 spiro atoms. The van der Waals surface area contributed by atoms with Gasteiger partial charge in [0.15, 0.2) is 0 Å². The molecule has 98 valence electrons. The molecule has 1 aliphatic rings. The van der Waals surface area contributed by atoms with Gasteiger partial charge in [0.1, 0.15) is 0 Å². The van der Waals surface area contributed by atoms with Crippen molar-refractivity contribution >= 4 is 5.97 Å². The van der Waals surface area contributed by atoms with Crippen molar-refractivity contribution in [2.75, 3.05) is 20.2 Å². The molecule has 1 fully saturated rings. The van der Waals surface area contributed by atoms with E-state index >= 15 is 0 Å². The Bertz CT molecular complexity index is 399. The number of carbonyl (C=O) groups is 1. The van der Waals surface area contributed by atoms with E-state index in [1.807, 2.05) is 24.3 Å². The van der Waals surface area contributed by atoms with Gasteiger partial charge in [-0.3, -0.25) is 4.90 Å². The van der Waals surface area contributed by atoms with E-state index in [0.717, 1.165) is 12.5 Å². The van der Waals surface area contributed by atoms with Crippen LogP contribution in [0.4, 0.5) is 0 Å². The van der Waals surface area contributed by atoms with E-state index < -0.39 is 0 Å². The highest BCUT2D eigenvalue weighted by molar-refractivity contribution is 5.89. The SMILES string of the molecule is COC(=O)c1ccc(CN2CCC[C@H](C)C2)cc1. The van der Waals surface area contributed by atoms with Crippen molar-refractivity contribution in [3.63, 3.8) is 0 Å². The van der Waals surface area contributed by atoms with Gasteiger partial charge >= 0.3 is 5.97 Å². The summed E-state index contributed by atoms with van der Waals surface area (Å²) >= 11 is 0. The van der Waals surface area contributed by atoms with Crippen molar-refractivity contribution in [2.24, 2.45) is 5.92 Å². The van der Waals surface area contributed by atoms with Crippen LogP contribution >= 0.6 is 0 Å². The number of hydrogen-bond acceptors (Lipinski definition) is 3. The number of methoxy groups -OCH3 is 1. The zero-order valence-corrected chi connectivity index (χ0v) is 11.2. The van der Waals surface area contributed by atoms with Gasteiger partial charge in [-0.05, 0) is 43.0 Å². The predicted molar refractivity (Wildman–Crippen MR) is 71.5 cm³/mol. The van der Waals surface area contributed by atoms with Gasteiger partial charge in [0.25, 0.3) is 0 Å². The summed E-state index contributed by atoms with van der Waals surface area (Å²) in [6.45, 7) is 5.65. The molecule has 1 aromatic carbocycles. The Hall–Kier alpha value is -1.35. The minimum Gasteiger partial charge on any atom is -0.465 e. The number of carbonyl (C=O) groups excluding carboxylic acids is 1. The second-order valence-electron chi connectivity index (χ2n) is 5.17. The first-order valence-electron chi connectivity index (χ1n) is 6.58. The highest BCUT2D eigenvalue weighted by atomic mass is 16.5. The van der Waals surface area contributed by atoms with Crippen molar-refractivity contribution < 1.29 is 9.53 Å². The fourth-order valence-corrected chi connectivity index (χ4v) is 2.55. The fraction of sp³-hybridized carbons (Fsp3) is 0.533. The molecule has 1 aromatic rings. The lowest BCUT2D eigenvalue weighted by Crippen LogP contribution is -2.33. The smallest absolute Gasteiger partial charge is 0.337 e. The average Bonchev–Trinajstić information content (AvgIpc) is 2.39. The second-order valence-corrected chi connectivity index (χ2v) is 5.17. The molecule has 1 heterocycles. The second kappa shape index (κ2) is 6.01. The monoisotopic (exact) mass is 247 g/mol. The molecule has 0 saturated carbocycles. The fourth-order valence-electron chi connectivity index (χ4n) is 2.55. The van der Waals surface area contributed by atoms with Gasteiger partial charge < -0.3 is 4.74 Å². The lowest BCUT2D eigenvalue weighted by atomic mass is 9.99. The minimum atomic E-state index is -0.270. The highest BCUT2D eigenvalue weighted by Gasteiger charge is 2.16. The highest BCUT2D eigenvalue weighted by Crippen LogP contribution is 2.18. The zero-order chi connectivity index (χ0) is 13.0. The number of benzene rings is 1. The number of hydrogen-bond donors (Lipinski definition) is 0. The van der Waals surface area contributed by atoms with Crippen LogP contribution < -0.4 is 0 Å². The van der Waals surface area contributed by atoms with Crippen LogP contribution in [0.5, 0.6) is 0 Å². The predicted octanol–water partition coefficient (Wildman–Crippen LogP) is 2.71. The Labute approximate surface area is 109 Å². The number of nitrogens with zero attached hydrogens (tertiary/aromatic N) is 1. The molecule has 1 saturated heterocycles. The van der Waals surface area contributed by atoms with Crippen LogP contribution in [0, 0.1) is 5.92 Å². The molecule has 3 nitrogen and oxygen atoms in total. The lowest BCUT2D eigenvalue weighted by Gasteiger charge is -2.30. The van der Waals surface area contributed by atoms with Crippen LogP contribution in [0.15, 0.2) is 24.3 Å². The van der Waals surface area contributed by atoms with Gasteiger partial charge in [0, 0.05) is 13.1 Å². The molecule has 2 rings (SSSR count). The maximum atomic E-state index is 11.3. The number of piperidine rings is 1. The van der Waals surface area contributed by atoms with Crippen molar-refractivity contribution in [1.29, 1.82) is 0 Å². The molecule has 0 unspecified atom stereocenters.